The van der Waals surface area contributed by atoms with Gasteiger partial charge in [0.1, 0.15) is 21.3 Å². The van der Waals surface area contributed by atoms with Gasteiger partial charge in [-0.3, -0.25) is 4.90 Å². The van der Waals surface area contributed by atoms with Crippen LogP contribution in [-0.2, 0) is 11.3 Å². The maximum Gasteiger partial charge on any atom is 0.348 e. The minimum atomic E-state index is -0.269. The molecule has 0 aromatic carbocycles. The molecule has 1 fully saturated rings. The molecule has 0 bridgehead atoms. The van der Waals surface area contributed by atoms with E-state index in [0.29, 0.717) is 23.9 Å². The third kappa shape index (κ3) is 5.05. The number of thiophene rings is 1. The quantitative estimate of drug-likeness (QED) is 0.639. The minimum absolute atomic E-state index is 0.269. The molecule has 3 rings (SSSR count). The average molecular weight is 420 g/mol. The van der Waals surface area contributed by atoms with Crippen molar-refractivity contribution in [3.8, 4) is 0 Å². The number of nitrogens with zero attached hydrogens (tertiary/aromatic N) is 5. The van der Waals surface area contributed by atoms with Gasteiger partial charge in [-0.05, 0) is 39.4 Å². The van der Waals surface area contributed by atoms with Gasteiger partial charge in [0.25, 0.3) is 0 Å². The third-order valence-corrected chi connectivity index (χ3v) is 6.20. The van der Waals surface area contributed by atoms with Gasteiger partial charge in [0, 0.05) is 32.7 Å². The van der Waals surface area contributed by atoms with Crippen molar-refractivity contribution in [1.29, 1.82) is 0 Å². The van der Waals surface area contributed by atoms with Gasteiger partial charge in [0.2, 0.25) is 0 Å². The standard InChI is InChI=1S/C21H33N5O2S/c1-7-28-21(27)18-15(4)17-19(22-16(13-24(5)6)23-20(17)29-18)26-10-8-25(9-11-26)12-14(2)3/h14H,7-13H2,1-6H3. The highest BCUT2D eigenvalue weighted by atomic mass is 32.1. The second-order valence-electron chi connectivity index (χ2n) is 8.34. The lowest BCUT2D eigenvalue weighted by Gasteiger charge is -2.36. The zero-order valence-electron chi connectivity index (χ0n) is 18.5. The molecule has 0 saturated carbocycles. The molecular formula is C21H33N5O2S. The number of hydrogen-bond donors (Lipinski definition) is 0. The molecule has 0 unspecified atom stereocenters. The summed E-state index contributed by atoms with van der Waals surface area (Å²) in [4.78, 5) is 30.6. The molecule has 3 heterocycles. The van der Waals surface area contributed by atoms with Crippen LogP contribution in [0, 0.1) is 12.8 Å². The van der Waals surface area contributed by atoms with Crippen molar-refractivity contribution in [2.75, 3.05) is 58.3 Å². The van der Waals surface area contributed by atoms with Crippen LogP contribution >= 0.6 is 11.3 Å². The first kappa shape index (κ1) is 21.9. The molecule has 0 spiro atoms. The zero-order valence-corrected chi connectivity index (χ0v) is 19.3. The molecule has 8 heteroatoms. The van der Waals surface area contributed by atoms with Crippen LogP contribution < -0.4 is 4.90 Å². The van der Waals surface area contributed by atoms with Crippen molar-refractivity contribution in [3.63, 3.8) is 0 Å². The molecule has 0 atom stereocenters. The van der Waals surface area contributed by atoms with Crippen molar-refractivity contribution in [3.05, 3.63) is 16.3 Å². The summed E-state index contributed by atoms with van der Waals surface area (Å²) < 4.78 is 5.26. The van der Waals surface area contributed by atoms with Crippen molar-refractivity contribution in [2.45, 2.75) is 34.2 Å². The summed E-state index contributed by atoms with van der Waals surface area (Å²) in [6.45, 7) is 14.4. The first-order valence-corrected chi connectivity index (χ1v) is 11.2. The van der Waals surface area contributed by atoms with Crippen LogP contribution in [0.3, 0.4) is 0 Å². The molecule has 0 aliphatic carbocycles. The molecule has 0 N–H and O–H groups in total. The van der Waals surface area contributed by atoms with Crippen molar-refractivity contribution in [2.24, 2.45) is 5.92 Å². The Morgan fingerprint density at radius 3 is 2.48 bits per heavy atom. The van der Waals surface area contributed by atoms with E-state index >= 15 is 0 Å². The first-order chi connectivity index (χ1) is 13.8. The number of aryl methyl sites for hydroxylation is 1. The Labute approximate surface area is 177 Å². The summed E-state index contributed by atoms with van der Waals surface area (Å²) in [5.74, 6) is 2.15. The van der Waals surface area contributed by atoms with E-state index in [4.69, 9.17) is 14.7 Å². The molecule has 0 radical (unpaired) electrons. The summed E-state index contributed by atoms with van der Waals surface area (Å²) in [5, 5.41) is 0.998. The third-order valence-electron chi connectivity index (χ3n) is 5.03. The highest BCUT2D eigenvalue weighted by Gasteiger charge is 2.26. The highest BCUT2D eigenvalue weighted by Crippen LogP contribution is 2.36. The summed E-state index contributed by atoms with van der Waals surface area (Å²) in [7, 11) is 4.03. The second-order valence-corrected chi connectivity index (χ2v) is 9.34. The number of anilines is 1. The zero-order chi connectivity index (χ0) is 21.1. The number of fused-ring (bicyclic) bond motifs is 1. The largest absolute Gasteiger partial charge is 0.462 e. The van der Waals surface area contributed by atoms with Gasteiger partial charge >= 0.3 is 5.97 Å². The van der Waals surface area contributed by atoms with E-state index in [1.807, 2.05) is 27.9 Å². The van der Waals surface area contributed by atoms with Crippen LogP contribution in [0.4, 0.5) is 5.82 Å². The number of carbonyl (C=O) groups excluding carboxylic acids is 1. The van der Waals surface area contributed by atoms with Gasteiger partial charge in [-0.1, -0.05) is 13.8 Å². The molecule has 7 nitrogen and oxygen atoms in total. The Kier molecular flexibility index (Phi) is 7.08. The first-order valence-electron chi connectivity index (χ1n) is 10.4. The van der Waals surface area contributed by atoms with E-state index < -0.39 is 0 Å². The number of piperazine rings is 1. The minimum Gasteiger partial charge on any atom is -0.462 e. The number of hydrogen-bond acceptors (Lipinski definition) is 8. The van der Waals surface area contributed by atoms with Crippen LogP contribution in [0.25, 0.3) is 10.2 Å². The Hall–Kier alpha value is -1.77. The van der Waals surface area contributed by atoms with Gasteiger partial charge in [-0.15, -0.1) is 11.3 Å². The molecule has 0 amide bonds. The molecule has 1 aliphatic heterocycles. The van der Waals surface area contributed by atoms with Crippen LogP contribution in [0.2, 0.25) is 0 Å². The fourth-order valence-corrected chi connectivity index (χ4v) is 4.88. The monoisotopic (exact) mass is 419 g/mol. The molecule has 160 valence electrons. The molecule has 1 saturated heterocycles. The van der Waals surface area contributed by atoms with Crippen molar-refractivity contribution >= 4 is 33.3 Å². The lowest BCUT2D eigenvalue weighted by atomic mass is 10.1. The van der Waals surface area contributed by atoms with E-state index in [2.05, 4.69) is 28.5 Å². The number of aromatic nitrogens is 2. The maximum atomic E-state index is 12.4. The molecule has 1 aliphatic rings. The van der Waals surface area contributed by atoms with Gasteiger partial charge < -0.3 is 14.5 Å². The smallest absolute Gasteiger partial charge is 0.348 e. The van der Waals surface area contributed by atoms with E-state index in [0.717, 1.165) is 60.1 Å². The molecule has 29 heavy (non-hydrogen) atoms. The van der Waals surface area contributed by atoms with Gasteiger partial charge in [-0.25, -0.2) is 14.8 Å². The van der Waals surface area contributed by atoms with Crippen LogP contribution in [-0.4, -0.2) is 79.2 Å². The highest BCUT2D eigenvalue weighted by molar-refractivity contribution is 7.20. The summed E-state index contributed by atoms with van der Waals surface area (Å²) in [6.07, 6.45) is 0. The van der Waals surface area contributed by atoms with E-state index in [1.54, 1.807) is 0 Å². The van der Waals surface area contributed by atoms with Crippen LogP contribution in [0.1, 0.15) is 41.8 Å². The Morgan fingerprint density at radius 2 is 1.90 bits per heavy atom. The van der Waals surface area contributed by atoms with Crippen LogP contribution in [0.5, 0.6) is 0 Å². The number of carbonyl (C=O) groups is 1. The lowest BCUT2D eigenvalue weighted by molar-refractivity contribution is 0.0531. The fourth-order valence-electron chi connectivity index (χ4n) is 3.79. The molecular weight excluding hydrogens is 386 g/mol. The SMILES string of the molecule is CCOC(=O)c1sc2nc(CN(C)C)nc(N3CCN(CC(C)C)CC3)c2c1C. The Morgan fingerprint density at radius 1 is 1.21 bits per heavy atom. The molecule has 2 aromatic rings. The normalized spacial score (nSPS) is 15.7. The fraction of sp³-hybridized carbons (Fsp3) is 0.667. The predicted octanol–water partition coefficient (Wildman–Crippen LogP) is 3.02. The van der Waals surface area contributed by atoms with Gasteiger partial charge in [0.15, 0.2) is 0 Å². The predicted molar refractivity (Wildman–Crippen MR) is 119 cm³/mol. The number of ether oxygens (including phenoxy) is 1. The van der Waals surface area contributed by atoms with E-state index in [1.165, 1.54) is 11.3 Å². The second kappa shape index (κ2) is 9.36. The lowest BCUT2D eigenvalue weighted by Crippen LogP contribution is -2.47. The van der Waals surface area contributed by atoms with Gasteiger partial charge in [0.05, 0.1) is 18.5 Å². The molecule has 2 aromatic heterocycles. The number of esters is 1. The van der Waals surface area contributed by atoms with Gasteiger partial charge in [-0.2, -0.15) is 0 Å². The summed E-state index contributed by atoms with van der Waals surface area (Å²) >= 11 is 1.42. The van der Waals surface area contributed by atoms with Crippen molar-refractivity contribution in [1.82, 2.24) is 19.8 Å². The van der Waals surface area contributed by atoms with Crippen molar-refractivity contribution < 1.29 is 9.53 Å². The van der Waals surface area contributed by atoms with E-state index in [-0.39, 0.29) is 5.97 Å². The Bertz CT molecular complexity index is 856. The summed E-state index contributed by atoms with van der Waals surface area (Å²) in [6, 6.07) is 0. The Balaban J connectivity index is 1.98. The topological polar surface area (TPSA) is 61.8 Å². The average Bonchev–Trinajstić information content (AvgIpc) is 2.98. The number of rotatable bonds is 7. The van der Waals surface area contributed by atoms with Crippen LogP contribution in [0.15, 0.2) is 0 Å². The summed E-state index contributed by atoms with van der Waals surface area (Å²) in [5.41, 5.74) is 0.930. The maximum absolute atomic E-state index is 12.4. The van der Waals surface area contributed by atoms with E-state index in [9.17, 15) is 4.79 Å².